The third-order valence-electron chi connectivity index (χ3n) is 4.86. The van der Waals surface area contributed by atoms with Crippen LogP contribution in [0.15, 0.2) is 60.7 Å². The molecule has 6 nitrogen and oxygen atoms in total. The van der Waals surface area contributed by atoms with E-state index in [0.717, 1.165) is 30.8 Å². The Balaban J connectivity index is 1.67. The summed E-state index contributed by atoms with van der Waals surface area (Å²) in [4.78, 5) is 15.0. The van der Waals surface area contributed by atoms with Gasteiger partial charge in [-0.05, 0) is 44.0 Å². The highest BCUT2D eigenvalue weighted by molar-refractivity contribution is 5.91. The first-order valence-corrected chi connectivity index (χ1v) is 9.22. The molecule has 27 heavy (non-hydrogen) atoms. The average Bonchev–Trinajstić information content (AvgIpc) is 3.33. The zero-order valence-electron chi connectivity index (χ0n) is 15.3. The minimum Gasteiger partial charge on any atom is -0.486 e. The van der Waals surface area contributed by atoms with Crippen LogP contribution in [0, 0.1) is 0 Å². The summed E-state index contributed by atoms with van der Waals surface area (Å²) in [6, 6.07) is 19.5. The highest BCUT2D eigenvalue weighted by Gasteiger charge is 2.30. The Bertz CT molecular complexity index is 908. The summed E-state index contributed by atoms with van der Waals surface area (Å²) < 4.78 is 7.65. The van der Waals surface area contributed by atoms with Gasteiger partial charge < -0.3 is 9.64 Å². The summed E-state index contributed by atoms with van der Waals surface area (Å²) >= 11 is 0. The van der Waals surface area contributed by atoms with E-state index in [1.807, 2.05) is 65.6 Å². The molecule has 0 saturated carbocycles. The van der Waals surface area contributed by atoms with E-state index >= 15 is 0 Å². The average molecular weight is 362 g/mol. The maximum absolute atomic E-state index is 13.1. The summed E-state index contributed by atoms with van der Waals surface area (Å²) in [6.45, 7) is 3.07. The third-order valence-corrected chi connectivity index (χ3v) is 4.86. The molecular weight excluding hydrogens is 340 g/mol. The zero-order valence-corrected chi connectivity index (χ0v) is 15.3. The van der Waals surface area contributed by atoms with E-state index in [2.05, 4.69) is 17.1 Å². The van der Waals surface area contributed by atoms with Gasteiger partial charge in [-0.3, -0.25) is 9.36 Å². The molecule has 3 aromatic rings. The van der Waals surface area contributed by atoms with E-state index in [-0.39, 0.29) is 18.6 Å². The molecule has 1 aromatic heterocycles. The largest absolute Gasteiger partial charge is 0.486 e. The monoisotopic (exact) mass is 362 g/mol. The third kappa shape index (κ3) is 3.56. The van der Waals surface area contributed by atoms with Gasteiger partial charge in [0.25, 0.3) is 5.91 Å². The minimum absolute atomic E-state index is 0.0812. The molecule has 1 atom stereocenters. The van der Waals surface area contributed by atoms with Crippen LogP contribution in [0.1, 0.15) is 36.2 Å². The lowest BCUT2D eigenvalue weighted by atomic mass is 10.2. The Labute approximate surface area is 158 Å². The maximum Gasteiger partial charge on any atom is 0.292 e. The van der Waals surface area contributed by atoms with Crippen molar-refractivity contribution in [1.82, 2.24) is 19.7 Å². The number of amides is 1. The molecule has 1 aliphatic heterocycles. The van der Waals surface area contributed by atoms with Crippen molar-refractivity contribution < 1.29 is 9.53 Å². The summed E-state index contributed by atoms with van der Waals surface area (Å²) in [5, 5.41) is 8.49. The number of benzene rings is 2. The fourth-order valence-electron chi connectivity index (χ4n) is 3.42. The van der Waals surface area contributed by atoms with Crippen molar-refractivity contribution in [2.45, 2.75) is 32.4 Å². The van der Waals surface area contributed by atoms with Gasteiger partial charge in [-0.2, -0.15) is 0 Å². The van der Waals surface area contributed by atoms with Crippen LogP contribution in [-0.4, -0.2) is 38.2 Å². The Hall–Kier alpha value is -3.15. The Morgan fingerprint density at radius 2 is 1.78 bits per heavy atom. The maximum atomic E-state index is 13.1. The van der Waals surface area contributed by atoms with Crippen LogP contribution in [-0.2, 0) is 6.61 Å². The molecule has 0 N–H and O–H groups in total. The quantitative estimate of drug-likeness (QED) is 0.697. The molecule has 2 aromatic carbocycles. The van der Waals surface area contributed by atoms with E-state index in [1.54, 1.807) is 4.57 Å². The zero-order chi connectivity index (χ0) is 18.6. The summed E-state index contributed by atoms with van der Waals surface area (Å²) in [5.41, 5.74) is 0.851. The van der Waals surface area contributed by atoms with Crippen LogP contribution < -0.4 is 4.74 Å². The van der Waals surface area contributed by atoms with Crippen molar-refractivity contribution in [2.24, 2.45) is 0 Å². The predicted molar refractivity (Wildman–Crippen MR) is 102 cm³/mol. The fraction of sp³-hybridized carbons (Fsp3) is 0.286. The van der Waals surface area contributed by atoms with Crippen molar-refractivity contribution in [2.75, 3.05) is 6.54 Å². The molecule has 1 amide bonds. The van der Waals surface area contributed by atoms with Gasteiger partial charge in [-0.25, -0.2) is 0 Å². The number of ether oxygens (including phenoxy) is 1. The van der Waals surface area contributed by atoms with Crippen LogP contribution in [0.2, 0.25) is 0 Å². The summed E-state index contributed by atoms with van der Waals surface area (Å²) in [5.74, 6) is 1.60. The van der Waals surface area contributed by atoms with E-state index in [0.29, 0.717) is 11.6 Å². The number of aromatic nitrogens is 3. The first kappa shape index (κ1) is 17.3. The second-order valence-corrected chi connectivity index (χ2v) is 6.70. The van der Waals surface area contributed by atoms with Crippen molar-refractivity contribution >= 4 is 5.91 Å². The highest BCUT2D eigenvalue weighted by Crippen LogP contribution is 2.22. The Kier molecular flexibility index (Phi) is 4.87. The smallest absolute Gasteiger partial charge is 0.292 e. The number of hydrogen-bond acceptors (Lipinski definition) is 4. The normalized spacial score (nSPS) is 16.5. The first-order valence-electron chi connectivity index (χ1n) is 9.22. The number of hydrogen-bond donors (Lipinski definition) is 0. The lowest BCUT2D eigenvalue weighted by Gasteiger charge is -2.21. The second kappa shape index (κ2) is 7.61. The van der Waals surface area contributed by atoms with E-state index in [4.69, 9.17) is 4.74 Å². The molecule has 0 bridgehead atoms. The van der Waals surface area contributed by atoms with Crippen LogP contribution in [0.5, 0.6) is 5.75 Å². The van der Waals surface area contributed by atoms with Crippen molar-refractivity contribution in [3.63, 3.8) is 0 Å². The van der Waals surface area contributed by atoms with Gasteiger partial charge in [0.2, 0.25) is 5.82 Å². The summed E-state index contributed by atoms with van der Waals surface area (Å²) in [7, 11) is 0. The van der Waals surface area contributed by atoms with Crippen LogP contribution >= 0.6 is 0 Å². The van der Waals surface area contributed by atoms with Gasteiger partial charge >= 0.3 is 0 Å². The molecule has 0 spiro atoms. The minimum atomic E-state index is -0.0812. The number of rotatable bonds is 5. The fourth-order valence-corrected chi connectivity index (χ4v) is 3.42. The van der Waals surface area contributed by atoms with E-state index in [1.165, 1.54) is 0 Å². The van der Waals surface area contributed by atoms with Gasteiger partial charge in [0, 0.05) is 18.3 Å². The van der Waals surface area contributed by atoms with Gasteiger partial charge in [-0.1, -0.05) is 36.4 Å². The molecule has 2 heterocycles. The molecule has 0 radical (unpaired) electrons. The first-order chi connectivity index (χ1) is 13.2. The lowest BCUT2D eigenvalue weighted by molar-refractivity contribution is 0.0732. The predicted octanol–water partition coefficient (Wildman–Crippen LogP) is 3.47. The molecule has 1 saturated heterocycles. The van der Waals surface area contributed by atoms with Crippen LogP contribution in [0.4, 0.5) is 0 Å². The molecule has 0 aliphatic carbocycles. The number of likely N-dealkylation sites (tertiary alicyclic amines) is 1. The van der Waals surface area contributed by atoms with Crippen LogP contribution in [0.3, 0.4) is 0 Å². The molecule has 1 aliphatic rings. The van der Waals surface area contributed by atoms with Gasteiger partial charge in [0.1, 0.15) is 12.4 Å². The summed E-state index contributed by atoms with van der Waals surface area (Å²) in [6.07, 6.45) is 2.05. The number of para-hydroxylation sites is 2. The molecule has 138 valence electrons. The van der Waals surface area contributed by atoms with E-state index < -0.39 is 0 Å². The second-order valence-electron chi connectivity index (χ2n) is 6.70. The Morgan fingerprint density at radius 1 is 1.07 bits per heavy atom. The topological polar surface area (TPSA) is 60.3 Å². The Morgan fingerprint density at radius 3 is 2.44 bits per heavy atom. The van der Waals surface area contributed by atoms with E-state index in [9.17, 15) is 4.79 Å². The number of carbonyl (C=O) groups excluding carboxylic acids is 1. The van der Waals surface area contributed by atoms with Crippen LogP contribution in [0.25, 0.3) is 5.69 Å². The van der Waals surface area contributed by atoms with Crippen molar-refractivity contribution in [1.29, 1.82) is 0 Å². The van der Waals surface area contributed by atoms with Gasteiger partial charge in [-0.15, -0.1) is 10.2 Å². The van der Waals surface area contributed by atoms with Gasteiger partial charge in [0.15, 0.2) is 5.82 Å². The van der Waals surface area contributed by atoms with Gasteiger partial charge in [0.05, 0.1) is 0 Å². The highest BCUT2D eigenvalue weighted by atomic mass is 16.5. The molecule has 1 fully saturated rings. The molecule has 4 rings (SSSR count). The SMILES string of the molecule is C[C@H]1CCCN1C(=O)c1nnc(COc2ccccc2)n1-c1ccccc1. The number of nitrogens with zero attached hydrogens (tertiary/aromatic N) is 4. The standard InChI is InChI=1S/C21H22N4O2/c1-16-9-8-14-24(16)21(26)20-23-22-19(15-27-18-12-6-3-7-13-18)25(20)17-10-4-2-5-11-17/h2-7,10-13,16H,8-9,14-15H2,1H3/t16-/m0/s1. The molecule has 0 unspecified atom stereocenters. The van der Waals surface area contributed by atoms with Crippen molar-refractivity contribution in [3.8, 4) is 11.4 Å². The number of carbonyl (C=O) groups is 1. The molecule has 6 heteroatoms. The molecular formula is C21H22N4O2. The van der Waals surface area contributed by atoms with Crippen molar-refractivity contribution in [3.05, 3.63) is 72.3 Å². The lowest BCUT2D eigenvalue weighted by Crippen LogP contribution is -2.35.